The fourth-order valence-electron chi connectivity index (χ4n) is 0.211. The molecule has 0 aromatic heterocycles. The third-order valence-corrected chi connectivity index (χ3v) is 2.14. The SMILES string of the molecule is FC(F)(F)CCP(Cl)Cl. The maximum absolute atomic E-state index is 11.3. The van der Waals surface area contributed by atoms with Crippen LogP contribution < -0.4 is 0 Å². The second-order valence-electron chi connectivity index (χ2n) is 1.39. The molecule has 0 unspecified atom stereocenters. The molecular weight excluding hydrogens is 195 g/mol. The molecule has 0 N–H and O–H groups in total. The lowest BCUT2D eigenvalue weighted by Gasteiger charge is -2.04. The van der Waals surface area contributed by atoms with Crippen LogP contribution in [0, 0.1) is 0 Å². The average Bonchev–Trinajstić information content (AvgIpc) is 1.59. The van der Waals surface area contributed by atoms with Crippen LogP contribution in [0.4, 0.5) is 13.2 Å². The summed E-state index contributed by atoms with van der Waals surface area (Å²) in [5, 5.41) is 0. The average molecular weight is 199 g/mol. The van der Waals surface area contributed by atoms with Gasteiger partial charge in [0.2, 0.25) is 0 Å². The minimum absolute atomic E-state index is 0.165. The van der Waals surface area contributed by atoms with E-state index >= 15 is 0 Å². The van der Waals surface area contributed by atoms with Gasteiger partial charge < -0.3 is 0 Å². The van der Waals surface area contributed by atoms with Crippen molar-refractivity contribution >= 4 is 29.1 Å². The monoisotopic (exact) mass is 198 g/mol. The van der Waals surface area contributed by atoms with Crippen molar-refractivity contribution in [3.8, 4) is 0 Å². The molecule has 0 bridgehead atoms. The Balaban J connectivity index is 3.28. The molecule has 0 aliphatic rings. The molecule has 0 rings (SSSR count). The summed E-state index contributed by atoms with van der Waals surface area (Å²) in [4.78, 5) is 0. The maximum Gasteiger partial charge on any atom is 0.389 e. The van der Waals surface area contributed by atoms with Gasteiger partial charge in [0.25, 0.3) is 0 Å². The molecule has 0 aliphatic carbocycles. The summed E-state index contributed by atoms with van der Waals surface area (Å²) in [6.45, 7) is -1.44. The number of alkyl halides is 3. The van der Waals surface area contributed by atoms with Crippen LogP contribution in [0.3, 0.4) is 0 Å². The molecule has 0 nitrogen and oxygen atoms in total. The molecule has 0 aromatic rings. The van der Waals surface area contributed by atoms with Crippen molar-refractivity contribution in [2.45, 2.75) is 12.6 Å². The lowest BCUT2D eigenvalue weighted by molar-refractivity contribution is -0.129. The van der Waals surface area contributed by atoms with Gasteiger partial charge in [0.1, 0.15) is 0 Å². The topological polar surface area (TPSA) is 0 Å². The van der Waals surface area contributed by atoms with Gasteiger partial charge in [-0.05, 0) is 0 Å². The molecule has 9 heavy (non-hydrogen) atoms. The van der Waals surface area contributed by atoms with Gasteiger partial charge >= 0.3 is 6.18 Å². The Morgan fingerprint density at radius 3 is 1.78 bits per heavy atom. The Morgan fingerprint density at radius 2 is 1.67 bits per heavy atom. The van der Waals surface area contributed by atoms with E-state index in [1.54, 1.807) is 0 Å². The zero-order chi connectivity index (χ0) is 7.49. The van der Waals surface area contributed by atoms with Crippen LogP contribution in [0.2, 0.25) is 0 Å². The van der Waals surface area contributed by atoms with Crippen LogP contribution in [0.1, 0.15) is 6.42 Å². The summed E-state index contributed by atoms with van der Waals surface area (Å²) in [5.74, 6) is 0. The lowest BCUT2D eigenvalue weighted by atomic mass is 10.5. The molecule has 0 radical (unpaired) electrons. The van der Waals surface area contributed by atoms with Crippen LogP contribution in [0.15, 0.2) is 0 Å². The smallest absolute Gasteiger partial charge is 0.171 e. The molecule has 56 valence electrons. The Labute approximate surface area is 61.7 Å². The van der Waals surface area contributed by atoms with Gasteiger partial charge in [-0.3, -0.25) is 0 Å². The summed E-state index contributed by atoms with van der Waals surface area (Å²) in [5.41, 5.74) is 0. The van der Waals surface area contributed by atoms with Gasteiger partial charge in [-0.1, -0.05) is 22.5 Å². The maximum atomic E-state index is 11.3. The van der Waals surface area contributed by atoms with E-state index in [1.807, 2.05) is 0 Å². The van der Waals surface area contributed by atoms with Crippen molar-refractivity contribution in [1.29, 1.82) is 0 Å². The predicted octanol–water partition coefficient (Wildman–Crippen LogP) is 3.73. The van der Waals surface area contributed by atoms with Crippen LogP contribution in [-0.4, -0.2) is 12.3 Å². The number of hydrogen-bond donors (Lipinski definition) is 0. The summed E-state index contributed by atoms with van der Waals surface area (Å²) < 4.78 is 33.9. The van der Waals surface area contributed by atoms with Crippen molar-refractivity contribution in [2.24, 2.45) is 0 Å². The van der Waals surface area contributed by atoms with Gasteiger partial charge in [0.05, 0.1) is 6.63 Å². The molecule has 0 heterocycles. The minimum atomic E-state index is -4.12. The van der Waals surface area contributed by atoms with Gasteiger partial charge in [0, 0.05) is 12.6 Å². The van der Waals surface area contributed by atoms with E-state index in [0.29, 0.717) is 0 Å². The highest BCUT2D eigenvalue weighted by Gasteiger charge is 2.27. The van der Waals surface area contributed by atoms with E-state index in [1.165, 1.54) is 0 Å². The van der Waals surface area contributed by atoms with E-state index in [2.05, 4.69) is 0 Å². The summed E-state index contributed by atoms with van der Waals surface area (Å²) in [6.07, 6.45) is -5.17. The Morgan fingerprint density at radius 1 is 1.22 bits per heavy atom. The van der Waals surface area contributed by atoms with E-state index < -0.39 is 19.2 Å². The zero-order valence-electron chi connectivity index (χ0n) is 4.25. The first-order valence-electron chi connectivity index (χ1n) is 2.07. The molecule has 0 aromatic carbocycles. The Bertz CT molecular complexity index is 81.6. The van der Waals surface area contributed by atoms with E-state index in [-0.39, 0.29) is 6.16 Å². The molecule has 0 aliphatic heterocycles. The van der Waals surface area contributed by atoms with Gasteiger partial charge in [-0.25, -0.2) is 0 Å². The largest absolute Gasteiger partial charge is 0.389 e. The second-order valence-corrected chi connectivity index (χ2v) is 5.41. The van der Waals surface area contributed by atoms with Gasteiger partial charge in [0.15, 0.2) is 0 Å². The van der Waals surface area contributed by atoms with Crippen molar-refractivity contribution in [3.05, 3.63) is 0 Å². The molecule has 0 spiro atoms. The predicted molar refractivity (Wildman–Crippen MR) is 34.2 cm³/mol. The third-order valence-electron chi connectivity index (χ3n) is 0.564. The van der Waals surface area contributed by atoms with Crippen LogP contribution in [-0.2, 0) is 0 Å². The Kier molecular flexibility index (Phi) is 4.19. The van der Waals surface area contributed by atoms with Crippen molar-refractivity contribution in [3.63, 3.8) is 0 Å². The zero-order valence-corrected chi connectivity index (χ0v) is 6.66. The first kappa shape index (κ1) is 9.80. The van der Waals surface area contributed by atoms with Crippen LogP contribution in [0.5, 0.6) is 0 Å². The normalized spacial score (nSPS) is 12.7. The van der Waals surface area contributed by atoms with Crippen molar-refractivity contribution in [2.75, 3.05) is 6.16 Å². The van der Waals surface area contributed by atoms with Crippen LogP contribution in [0.25, 0.3) is 0 Å². The van der Waals surface area contributed by atoms with Crippen LogP contribution >= 0.6 is 29.1 Å². The standard InChI is InChI=1S/C3H4Cl2F3P/c4-9(5)2-1-3(6,7)8/h1-2H2. The molecule has 0 atom stereocenters. The lowest BCUT2D eigenvalue weighted by Crippen LogP contribution is -2.07. The van der Waals surface area contributed by atoms with E-state index in [4.69, 9.17) is 22.5 Å². The van der Waals surface area contributed by atoms with Crippen molar-refractivity contribution < 1.29 is 13.2 Å². The van der Waals surface area contributed by atoms with E-state index in [9.17, 15) is 13.2 Å². The third kappa shape index (κ3) is 8.80. The highest BCUT2D eigenvalue weighted by Crippen LogP contribution is 2.48. The first-order valence-corrected chi connectivity index (χ1v) is 5.41. The van der Waals surface area contributed by atoms with Crippen molar-refractivity contribution in [1.82, 2.24) is 0 Å². The summed E-state index contributed by atoms with van der Waals surface area (Å²) in [7, 11) is 0. The molecular formula is C3H4Cl2F3P. The minimum Gasteiger partial charge on any atom is -0.171 e. The summed E-state index contributed by atoms with van der Waals surface area (Å²) >= 11 is 10.2. The molecule has 0 saturated carbocycles. The molecule has 6 heteroatoms. The highest BCUT2D eigenvalue weighted by atomic mass is 35.9. The molecule has 0 fully saturated rings. The first-order chi connectivity index (χ1) is 3.92. The van der Waals surface area contributed by atoms with Gasteiger partial charge in [-0.2, -0.15) is 13.2 Å². The number of halogens is 5. The van der Waals surface area contributed by atoms with E-state index in [0.717, 1.165) is 0 Å². The second kappa shape index (κ2) is 3.85. The molecule has 0 saturated heterocycles. The number of hydrogen-bond acceptors (Lipinski definition) is 0. The van der Waals surface area contributed by atoms with Gasteiger partial charge in [-0.15, -0.1) is 0 Å². The fourth-order valence-corrected chi connectivity index (χ4v) is 1.14. The Hall–Kier alpha value is 0.800. The summed E-state index contributed by atoms with van der Waals surface area (Å²) in [6, 6.07) is 0. The molecule has 0 amide bonds. The highest BCUT2D eigenvalue weighted by molar-refractivity contribution is 8.03. The quantitative estimate of drug-likeness (QED) is 0.594. The number of rotatable bonds is 2. The fraction of sp³-hybridized carbons (Fsp3) is 1.00.